The van der Waals surface area contributed by atoms with Crippen molar-refractivity contribution in [2.45, 2.75) is 24.6 Å². The Kier molecular flexibility index (Phi) is 6.79. The fourth-order valence-electron chi connectivity index (χ4n) is 3.34. The first-order valence-electron chi connectivity index (χ1n) is 8.19. The van der Waals surface area contributed by atoms with Crippen LogP contribution in [0.15, 0.2) is 24.3 Å². The highest BCUT2D eigenvalue weighted by Gasteiger charge is 2.34. The van der Waals surface area contributed by atoms with Crippen molar-refractivity contribution in [1.82, 2.24) is 14.5 Å². The van der Waals surface area contributed by atoms with E-state index in [1.54, 1.807) is 17.0 Å². The lowest BCUT2D eigenvalue weighted by atomic mass is 10.1. The lowest BCUT2D eigenvalue weighted by Crippen LogP contribution is -2.57. The van der Waals surface area contributed by atoms with Gasteiger partial charge >= 0.3 is 0 Å². The molecule has 0 spiro atoms. The van der Waals surface area contributed by atoms with Gasteiger partial charge in [0.15, 0.2) is 0 Å². The van der Waals surface area contributed by atoms with E-state index in [0.717, 1.165) is 13.0 Å². The molecule has 1 unspecified atom stereocenters. The number of hydrogen-bond donors (Lipinski definition) is 1. The minimum Gasteiger partial charge on any atom is -0.336 e. The van der Waals surface area contributed by atoms with Crippen LogP contribution < -0.4 is 5.32 Å². The number of amides is 1. The zero-order valence-corrected chi connectivity index (χ0v) is 15.5. The SMILES string of the molecule is Cl.O=C1CNCCN1C1CCCN(S(=O)(=O)Cc2ccccc2F)C1. The minimum absolute atomic E-state index is 0. The van der Waals surface area contributed by atoms with E-state index < -0.39 is 15.8 Å². The van der Waals surface area contributed by atoms with Gasteiger partial charge in [-0.15, -0.1) is 12.4 Å². The molecule has 2 heterocycles. The molecule has 140 valence electrons. The van der Waals surface area contributed by atoms with Gasteiger partial charge < -0.3 is 10.2 Å². The quantitative estimate of drug-likeness (QED) is 0.830. The fraction of sp³-hybridized carbons (Fsp3) is 0.562. The zero-order valence-electron chi connectivity index (χ0n) is 13.9. The Labute approximate surface area is 153 Å². The molecule has 3 rings (SSSR count). The molecule has 2 fully saturated rings. The summed E-state index contributed by atoms with van der Waals surface area (Å²) < 4.78 is 40.5. The first-order chi connectivity index (χ1) is 11.5. The lowest BCUT2D eigenvalue weighted by molar-refractivity contribution is -0.135. The third-order valence-electron chi connectivity index (χ3n) is 4.62. The van der Waals surface area contributed by atoms with Gasteiger partial charge in [0.1, 0.15) is 5.82 Å². The van der Waals surface area contributed by atoms with Crippen LogP contribution in [0.3, 0.4) is 0 Å². The second kappa shape index (κ2) is 8.44. The molecule has 0 aromatic heterocycles. The summed E-state index contributed by atoms with van der Waals surface area (Å²) in [5.74, 6) is -0.839. The molecule has 1 N–H and O–H groups in total. The summed E-state index contributed by atoms with van der Waals surface area (Å²) in [5.41, 5.74) is 0.179. The maximum atomic E-state index is 13.8. The average molecular weight is 392 g/mol. The summed E-state index contributed by atoms with van der Waals surface area (Å²) in [5, 5.41) is 3.02. The van der Waals surface area contributed by atoms with E-state index in [2.05, 4.69) is 5.32 Å². The van der Waals surface area contributed by atoms with Crippen molar-refractivity contribution in [3.63, 3.8) is 0 Å². The second-order valence-electron chi connectivity index (χ2n) is 6.27. The van der Waals surface area contributed by atoms with Gasteiger partial charge in [-0.3, -0.25) is 4.79 Å². The van der Waals surface area contributed by atoms with Crippen molar-refractivity contribution >= 4 is 28.3 Å². The van der Waals surface area contributed by atoms with E-state index in [1.165, 1.54) is 16.4 Å². The summed E-state index contributed by atoms with van der Waals surface area (Å²) in [6.07, 6.45) is 1.51. The number of carbonyl (C=O) groups is 1. The normalized spacial score (nSPS) is 22.5. The standard InChI is InChI=1S/C16H22FN3O3S.ClH/c17-15-6-2-1-4-13(15)12-24(22,23)19-8-3-5-14(11-19)20-9-7-18-10-16(20)21;/h1-2,4,6,14,18H,3,5,7-12H2;1H. The monoisotopic (exact) mass is 391 g/mol. The summed E-state index contributed by atoms with van der Waals surface area (Å²) in [6, 6.07) is 5.84. The average Bonchev–Trinajstić information content (AvgIpc) is 2.57. The smallest absolute Gasteiger partial charge is 0.236 e. The third-order valence-corrected chi connectivity index (χ3v) is 6.41. The molecule has 0 radical (unpaired) electrons. The molecular formula is C16H23ClFN3O3S. The van der Waals surface area contributed by atoms with Crippen molar-refractivity contribution in [2.24, 2.45) is 0 Å². The van der Waals surface area contributed by atoms with Crippen molar-refractivity contribution in [3.05, 3.63) is 35.6 Å². The van der Waals surface area contributed by atoms with Crippen LogP contribution in [-0.2, 0) is 20.6 Å². The van der Waals surface area contributed by atoms with Crippen molar-refractivity contribution in [3.8, 4) is 0 Å². The molecule has 1 aromatic rings. The minimum atomic E-state index is -3.61. The number of piperidine rings is 1. The highest BCUT2D eigenvalue weighted by Crippen LogP contribution is 2.22. The fourth-order valence-corrected chi connectivity index (χ4v) is 4.95. The number of hydrogen-bond acceptors (Lipinski definition) is 4. The largest absolute Gasteiger partial charge is 0.336 e. The van der Waals surface area contributed by atoms with E-state index in [0.29, 0.717) is 32.6 Å². The molecule has 0 saturated carbocycles. The van der Waals surface area contributed by atoms with Crippen LogP contribution in [0.2, 0.25) is 0 Å². The van der Waals surface area contributed by atoms with Crippen LogP contribution in [0.4, 0.5) is 4.39 Å². The van der Waals surface area contributed by atoms with E-state index >= 15 is 0 Å². The number of nitrogens with zero attached hydrogens (tertiary/aromatic N) is 2. The second-order valence-corrected chi connectivity index (χ2v) is 8.23. The van der Waals surface area contributed by atoms with Gasteiger partial charge in [-0.05, 0) is 18.9 Å². The molecule has 1 amide bonds. The van der Waals surface area contributed by atoms with Crippen molar-refractivity contribution in [1.29, 1.82) is 0 Å². The topological polar surface area (TPSA) is 69.7 Å². The van der Waals surface area contributed by atoms with Gasteiger partial charge in [-0.1, -0.05) is 18.2 Å². The summed E-state index contributed by atoms with van der Waals surface area (Å²) in [7, 11) is -3.61. The van der Waals surface area contributed by atoms with E-state index in [-0.39, 0.29) is 35.7 Å². The molecule has 25 heavy (non-hydrogen) atoms. The van der Waals surface area contributed by atoms with Gasteiger partial charge in [0.2, 0.25) is 15.9 Å². The van der Waals surface area contributed by atoms with Crippen LogP contribution in [-0.4, -0.2) is 62.3 Å². The van der Waals surface area contributed by atoms with Crippen LogP contribution in [0.5, 0.6) is 0 Å². The van der Waals surface area contributed by atoms with Crippen LogP contribution in [0, 0.1) is 5.82 Å². The lowest BCUT2D eigenvalue weighted by Gasteiger charge is -2.40. The Balaban J connectivity index is 0.00000225. The van der Waals surface area contributed by atoms with Crippen molar-refractivity contribution in [2.75, 3.05) is 32.7 Å². The number of benzene rings is 1. The summed E-state index contributed by atoms with van der Waals surface area (Å²) in [6.45, 7) is 2.35. The van der Waals surface area contributed by atoms with Crippen LogP contribution in [0.25, 0.3) is 0 Å². The maximum Gasteiger partial charge on any atom is 0.236 e. The first kappa shape index (κ1) is 20.1. The number of rotatable bonds is 4. The Hall–Kier alpha value is -1.22. The van der Waals surface area contributed by atoms with E-state index in [9.17, 15) is 17.6 Å². The zero-order chi connectivity index (χ0) is 17.2. The molecule has 9 heteroatoms. The van der Waals surface area contributed by atoms with Gasteiger partial charge in [-0.25, -0.2) is 12.8 Å². The summed E-state index contributed by atoms with van der Waals surface area (Å²) >= 11 is 0. The number of carbonyl (C=O) groups excluding carboxylic acids is 1. The number of sulfonamides is 1. The van der Waals surface area contributed by atoms with E-state index in [1.807, 2.05) is 0 Å². The Morgan fingerprint density at radius 3 is 2.72 bits per heavy atom. The highest BCUT2D eigenvalue weighted by molar-refractivity contribution is 7.88. The number of nitrogens with one attached hydrogen (secondary N) is 1. The molecular weight excluding hydrogens is 369 g/mol. The van der Waals surface area contributed by atoms with Gasteiger partial charge in [0.25, 0.3) is 0 Å². The first-order valence-corrected chi connectivity index (χ1v) is 9.80. The molecule has 2 saturated heterocycles. The molecule has 1 atom stereocenters. The number of piperazine rings is 1. The van der Waals surface area contributed by atoms with Crippen molar-refractivity contribution < 1.29 is 17.6 Å². The Bertz CT molecular complexity index is 716. The number of halogens is 2. The third kappa shape index (κ3) is 4.69. The highest BCUT2D eigenvalue weighted by atomic mass is 35.5. The van der Waals surface area contributed by atoms with Gasteiger partial charge in [0, 0.05) is 37.8 Å². The predicted molar refractivity (Wildman–Crippen MR) is 95.4 cm³/mol. The molecule has 1 aromatic carbocycles. The molecule has 6 nitrogen and oxygen atoms in total. The predicted octanol–water partition coefficient (Wildman–Crippen LogP) is 0.973. The van der Waals surface area contributed by atoms with Gasteiger partial charge in [0.05, 0.1) is 12.3 Å². The Morgan fingerprint density at radius 2 is 2.00 bits per heavy atom. The molecule has 2 aliphatic rings. The van der Waals surface area contributed by atoms with Gasteiger partial charge in [-0.2, -0.15) is 4.31 Å². The summed E-state index contributed by atoms with van der Waals surface area (Å²) in [4.78, 5) is 13.8. The van der Waals surface area contributed by atoms with Crippen LogP contribution >= 0.6 is 12.4 Å². The molecule has 0 aliphatic carbocycles. The molecule has 2 aliphatic heterocycles. The van der Waals surface area contributed by atoms with E-state index in [4.69, 9.17) is 0 Å². The van der Waals surface area contributed by atoms with Crippen LogP contribution in [0.1, 0.15) is 18.4 Å². The Morgan fingerprint density at radius 1 is 1.24 bits per heavy atom. The molecule has 0 bridgehead atoms. The maximum absolute atomic E-state index is 13.8.